The largest absolute Gasteiger partial charge is 0.322 e. The molecule has 22 heavy (non-hydrogen) atoms. The molecule has 0 aromatic heterocycles. The molecule has 2 aromatic rings. The Balaban J connectivity index is 1.75. The number of amides is 2. The lowest BCUT2D eigenvalue weighted by atomic mass is 10.1. The molecule has 1 unspecified atom stereocenters. The van der Waals surface area contributed by atoms with E-state index in [1.54, 1.807) is 0 Å². The summed E-state index contributed by atoms with van der Waals surface area (Å²) in [5.74, 6) is 0. The van der Waals surface area contributed by atoms with Crippen LogP contribution in [0.5, 0.6) is 0 Å². The molecular weight excluding hydrogens is 272 g/mol. The van der Waals surface area contributed by atoms with E-state index >= 15 is 0 Å². The van der Waals surface area contributed by atoms with Crippen molar-refractivity contribution in [3.63, 3.8) is 0 Å². The van der Waals surface area contributed by atoms with Gasteiger partial charge in [-0.1, -0.05) is 60.7 Å². The van der Waals surface area contributed by atoms with Crippen molar-refractivity contribution in [3.05, 3.63) is 78.4 Å². The smallest absolute Gasteiger partial charge is 0.314 e. The van der Waals surface area contributed by atoms with Gasteiger partial charge in [0.1, 0.15) is 0 Å². The number of carbonyl (C=O) groups is 1. The number of rotatable bonds is 4. The lowest BCUT2D eigenvalue weighted by Crippen LogP contribution is -2.40. The number of nitrogens with one attached hydrogen (secondary N) is 1. The van der Waals surface area contributed by atoms with E-state index in [0.717, 1.165) is 24.1 Å². The minimum atomic E-state index is -0.0494. The number of nitrogens with zero attached hydrogens (tertiary/aromatic N) is 1. The Morgan fingerprint density at radius 1 is 1.05 bits per heavy atom. The molecule has 3 heteroatoms. The first-order valence-electron chi connectivity index (χ1n) is 7.66. The SMILES string of the molecule is O=C(Nc1ccccc1)N(Cc1ccccc1)C1C=CCC1. The van der Waals surface area contributed by atoms with E-state index in [9.17, 15) is 4.79 Å². The lowest BCUT2D eigenvalue weighted by molar-refractivity contribution is 0.195. The Morgan fingerprint density at radius 3 is 2.36 bits per heavy atom. The molecule has 0 spiro atoms. The third kappa shape index (κ3) is 3.55. The van der Waals surface area contributed by atoms with Gasteiger partial charge in [0, 0.05) is 12.2 Å². The van der Waals surface area contributed by atoms with E-state index in [0.29, 0.717) is 6.54 Å². The fraction of sp³-hybridized carbons (Fsp3) is 0.211. The molecule has 1 aliphatic carbocycles. The summed E-state index contributed by atoms with van der Waals surface area (Å²) in [6, 6.07) is 19.8. The van der Waals surface area contributed by atoms with Gasteiger partial charge in [0.05, 0.1) is 6.04 Å². The maximum atomic E-state index is 12.7. The van der Waals surface area contributed by atoms with Crippen molar-refractivity contribution in [2.24, 2.45) is 0 Å². The van der Waals surface area contributed by atoms with Crippen LogP contribution in [0.25, 0.3) is 0 Å². The van der Waals surface area contributed by atoms with Crippen LogP contribution in [0.15, 0.2) is 72.8 Å². The minimum Gasteiger partial charge on any atom is -0.314 e. The molecule has 1 aliphatic rings. The van der Waals surface area contributed by atoms with Crippen molar-refractivity contribution in [3.8, 4) is 0 Å². The van der Waals surface area contributed by atoms with Crippen LogP contribution in [0.4, 0.5) is 10.5 Å². The fourth-order valence-electron chi connectivity index (χ4n) is 2.71. The quantitative estimate of drug-likeness (QED) is 0.830. The van der Waals surface area contributed by atoms with Crippen LogP contribution >= 0.6 is 0 Å². The standard InChI is InChI=1S/C19H20N2O/c22-19(20-17-11-5-2-6-12-17)21(18-13-7-8-14-18)15-16-9-3-1-4-10-16/h1-7,9-13,18H,8,14-15H2,(H,20,22). The van der Waals surface area contributed by atoms with Gasteiger partial charge in [-0.25, -0.2) is 4.79 Å². The summed E-state index contributed by atoms with van der Waals surface area (Å²) in [5.41, 5.74) is 1.97. The second kappa shape index (κ2) is 6.94. The highest BCUT2D eigenvalue weighted by Crippen LogP contribution is 2.20. The Bertz CT molecular complexity index is 637. The van der Waals surface area contributed by atoms with Gasteiger partial charge in [0.25, 0.3) is 0 Å². The van der Waals surface area contributed by atoms with Gasteiger partial charge in [-0.05, 0) is 30.5 Å². The topological polar surface area (TPSA) is 32.3 Å². The van der Waals surface area contributed by atoms with E-state index in [-0.39, 0.29) is 12.1 Å². The summed E-state index contributed by atoms with van der Waals surface area (Å²) in [6.45, 7) is 0.620. The van der Waals surface area contributed by atoms with Crippen molar-refractivity contribution in [1.29, 1.82) is 0 Å². The third-order valence-corrected chi connectivity index (χ3v) is 3.87. The Kier molecular flexibility index (Phi) is 4.54. The van der Waals surface area contributed by atoms with Crippen LogP contribution in [0.2, 0.25) is 0 Å². The summed E-state index contributed by atoms with van der Waals surface area (Å²) >= 11 is 0. The Hall–Kier alpha value is -2.55. The maximum absolute atomic E-state index is 12.7. The number of anilines is 1. The molecule has 0 saturated heterocycles. The molecule has 2 amide bonds. The number of benzene rings is 2. The van der Waals surface area contributed by atoms with Crippen LogP contribution in [0, 0.1) is 0 Å². The molecule has 0 fully saturated rings. The highest BCUT2D eigenvalue weighted by molar-refractivity contribution is 5.89. The van der Waals surface area contributed by atoms with Crippen molar-refractivity contribution in [2.75, 3.05) is 5.32 Å². The van der Waals surface area contributed by atoms with Crippen molar-refractivity contribution in [1.82, 2.24) is 4.90 Å². The molecule has 2 aromatic carbocycles. The predicted octanol–water partition coefficient (Wildman–Crippen LogP) is 4.44. The van der Waals surface area contributed by atoms with Gasteiger partial charge in [0.15, 0.2) is 0 Å². The maximum Gasteiger partial charge on any atom is 0.322 e. The molecule has 3 rings (SSSR count). The zero-order valence-electron chi connectivity index (χ0n) is 12.5. The van der Waals surface area contributed by atoms with Gasteiger partial charge >= 0.3 is 6.03 Å². The van der Waals surface area contributed by atoms with E-state index in [1.807, 2.05) is 53.4 Å². The molecule has 0 aliphatic heterocycles. The molecule has 0 saturated carbocycles. The van der Waals surface area contributed by atoms with E-state index in [2.05, 4.69) is 29.6 Å². The second-order valence-corrected chi connectivity index (χ2v) is 5.48. The van der Waals surface area contributed by atoms with Crippen molar-refractivity contribution >= 4 is 11.7 Å². The van der Waals surface area contributed by atoms with Crippen LogP contribution in [0.1, 0.15) is 18.4 Å². The van der Waals surface area contributed by atoms with Crippen LogP contribution < -0.4 is 5.32 Å². The molecule has 112 valence electrons. The molecule has 0 heterocycles. The summed E-state index contributed by atoms with van der Waals surface area (Å²) in [5, 5.41) is 2.99. The lowest BCUT2D eigenvalue weighted by Gasteiger charge is -2.28. The number of hydrogen-bond acceptors (Lipinski definition) is 1. The average molecular weight is 292 g/mol. The first kappa shape index (κ1) is 14.4. The minimum absolute atomic E-state index is 0.0494. The van der Waals surface area contributed by atoms with E-state index in [1.165, 1.54) is 0 Å². The van der Waals surface area contributed by atoms with Crippen LogP contribution in [-0.2, 0) is 6.54 Å². The van der Waals surface area contributed by atoms with Crippen LogP contribution in [-0.4, -0.2) is 17.0 Å². The monoisotopic (exact) mass is 292 g/mol. The highest BCUT2D eigenvalue weighted by atomic mass is 16.2. The van der Waals surface area contributed by atoms with Crippen molar-refractivity contribution < 1.29 is 4.79 Å². The van der Waals surface area contributed by atoms with Crippen molar-refractivity contribution in [2.45, 2.75) is 25.4 Å². The normalized spacial score (nSPS) is 16.5. The number of para-hydroxylation sites is 1. The first-order valence-corrected chi connectivity index (χ1v) is 7.66. The summed E-state index contributed by atoms with van der Waals surface area (Å²) < 4.78 is 0. The third-order valence-electron chi connectivity index (χ3n) is 3.87. The van der Waals surface area contributed by atoms with Gasteiger partial charge in [-0.2, -0.15) is 0 Å². The fourth-order valence-corrected chi connectivity index (χ4v) is 2.71. The number of hydrogen-bond donors (Lipinski definition) is 1. The van der Waals surface area contributed by atoms with Gasteiger partial charge in [-0.3, -0.25) is 0 Å². The molecule has 0 bridgehead atoms. The van der Waals surface area contributed by atoms with Crippen LogP contribution in [0.3, 0.4) is 0 Å². The summed E-state index contributed by atoms with van der Waals surface area (Å²) in [7, 11) is 0. The Morgan fingerprint density at radius 2 is 1.73 bits per heavy atom. The van der Waals surface area contributed by atoms with E-state index in [4.69, 9.17) is 0 Å². The number of urea groups is 1. The van der Waals surface area contributed by atoms with E-state index < -0.39 is 0 Å². The molecule has 0 radical (unpaired) electrons. The average Bonchev–Trinajstić information content (AvgIpc) is 3.08. The zero-order chi connectivity index (χ0) is 15.2. The van der Waals surface area contributed by atoms with Gasteiger partial charge < -0.3 is 10.2 Å². The van der Waals surface area contributed by atoms with Gasteiger partial charge in [-0.15, -0.1) is 0 Å². The zero-order valence-corrected chi connectivity index (χ0v) is 12.5. The molecule has 3 nitrogen and oxygen atoms in total. The Labute approximate surface area is 131 Å². The predicted molar refractivity (Wildman–Crippen MR) is 89.6 cm³/mol. The molecule has 1 atom stereocenters. The second-order valence-electron chi connectivity index (χ2n) is 5.48. The molecular formula is C19H20N2O. The highest BCUT2D eigenvalue weighted by Gasteiger charge is 2.23. The van der Waals surface area contributed by atoms with Gasteiger partial charge in [0.2, 0.25) is 0 Å². The molecule has 1 N–H and O–H groups in total. The summed E-state index contributed by atoms with van der Waals surface area (Å²) in [4.78, 5) is 14.6. The number of allylic oxidation sites excluding steroid dienone is 1. The first-order chi connectivity index (χ1) is 10.8. The summed E-state index contributed by atoms with van der Waals surface area (Å²) in [6.07, 6.45) is 6.32. The number of carbonyl (C=O) groups excluding carboxylic acids is 1.